The molecule has 2 aliphatic rings. The molecule has 0 aromatic carbocycles. The van der Waals surface area contributed by atoms with Gasteiger partial charge in [-0.15, -0.1) is 0 Å². The summed E-state index contributed by atoms with van der Waals surface area (Å²) in [7, 11) is 0. The highest BCUT2D eigenvalue weighted by atomic mass is 32.2. The van der Waals surface area contributed by atoms with E-state index in [1.54, 1.807) is 0 Å². The normalized spacial score (nSPS) is 26.8. The Morgan fingerprint density at radius 3 is 2.31 bits per heavy atom. The van der Waals surface area contributed by atoms with Crippen molar-refractivity contribution in [3.05, 3.63) is 18.3 Å². The van der Waals surface area contributed by atoms with E-state index in [0.717, 1.165) is 31.5 Å². The number of thioether (sulfide) groups is 1. The third kappa shape index (κ3) is 3.90. The molecule has 5 heteroatoms. The van der Waals surface area contributed by atoms with Crippen molar-refractivity contribution in [1.82, 2.24) is 9.88 Å². The second-order valence-corrected chi connectivity index (χ2v) is 10.1. The van der Waals surface area contributed by atoms with Crippen LogP contribution in [0.2, 0.25) is 0 Å². The lowest BCUT2D eigenvalue weighted by molar-refractivity contribution is -0.00246. The van der Waals surface area contributed by atoms with Gasteiger partial charge in [-0.05, 0) is 85.3 Å². The molecule has 1 unspecified atom stereocenters. The minimum atomic E-state index is -0.567. The van der Waals surface area contributed by atoms with Crippen LogP contribution in [-0.4, -0.2) is 44.2 Å². The van der Waals surface area contributed by atoms with E-state index >= 15 is 0 Å². The Kier molecular flexibility index (Phi) is 5.90. The van der Waals surface area contributed by atoms with Gasteiger partial charge in [0.25, 0.3) is 0 Å². The van der Waals surface area contributed by atoms with Crippen LogP contribution < -0.4 is 4.90 Å². The molecule has 1 N–H and O–H groups in total. The molecule has 0 bridgehead atoms. The van der Waals surface area contributed by atoms with Gasteiger partial charge in [0.05, 0.1) is 10.5 Å². The van der Waals surface area contributed by atoms with E-state index in [-0.39, 0.29) is 0 Å². The lowest BCUT2D eigenvalue weighted by Gasteiger charge is -2.46. The molecular formula is C21H35N3OS. The molecule has 1 atom stereocenters. The summed E-state index contributed by atoms with van der Waals surface area (Å²) in [6.45, 7) is 13.1. The Hall–Kier alpha value is -0.780. The quantitative estimate of drug-likeness (QED) is 0.803. The van der Waals surface area contributed by atoms with Crippen LogP contribution in [0.5, 0.6) is 0 Å². The second-order valence-electron chi connectivity index (χ2n) is 8.97. The van der Waals surface area contributed by atoms with Gasteiger partial charge in [0.1, 0.15) is 11.3 Å². The fourth-order valence-electron chi connectivity index (χ4n) is 4.67. The van der Waals surface area contributed by atoms with Gasteiger partial charge in [0.2, 0.25) is 0 Å². The zero-order valence-corrected chi connectivity index (χ0v) is 18.0. The molecule has 1 aliphatic heterocycles. The number of nitrogens with zero attached hydrogens (tertiary/aromatic N) is 3. The summed E-state index contributed by atoms with van der Waals surface area (Å²) in [4.78, 5) is 11.3. The predicted molar refractivity (Wildman–Crippen MR) is 111 cm³/mol. The average Bonchev–Trinajstić information content (AvgIpc) is 2.92. The van der Waals surface area contributed by atoms with Crippen LogP contribution in [0.1, 0.15) is 67.2 Å². The Bertz CT molecular complexity index is 598. The van der Waals surface area contributed by atoms with Crippen molar-refractivity contribution in [2.24, 2.45) is 5.92 Å². The monoisotopic (exact) mass is 377 g/mol. The molecule has 26 heavy (non-hydrogen) atoms. The SMILES string of the molecule is CC(C)N(C(C)C)C1Sc2cccnc2N1C1CCC(C(C)(C)O)CC1. The van der Waals surface area contributed by atoms with Crippen LogP contribution in [0.3, 0.4) is 0 Å². The molecule has 1 saturated carbocycles. The van der Waals surface area contributed by atoms with Crippen molar-refractivity contribution in [2.45, 2.75) is 101 Å². The third-order valence-corrected chi connectivity index (χ3v) is 7.26. The van der Waals surface area contributed by atoms with Gasteiger partial charge in [-0.3, -0.25) is 4.90 Å². The van der Waals surface area contributed by atoms with Crippen molar-refractivity contribution >= 4 is 17.6 Å². The fourth-order valence-corrected chi connectivity index (χ4v) is 6.31. The van der Waals surface area contributed by atoms with Crippen LogP contribution in [0.25, 0.3) is 0 Å². The first-order valence-electron chi connectivity index (χ1n) is 10.1. The average molecular weight is 378 g/mol. The summed E-state index contributed by atoms with van der Waals surface area (Å²) in [5, 5.41) is 10.4. The largest absolute Gasteiger partial charge is 0.390 e. The maximum absolute atomic E-state index is 10.4. The summed E-state index contributed by atoms with van der Waals surface area (Å²) in [5.41, 5.74) is -0.258. The molecule has 1 fully saturated rings. The maximum Gasteiger partial charge on any atom is 0.144 e. The summed E-state index contributed by atoms with van der Waals surface area (Å²) in [6, 6.07) is 5.73. The summed E-state index contributed by atoms with van der Waals surface area (Å²) >= 11 is 1.95. The molecule has 4 nitrogen and oxygen atoms in total. The Morgan fingerprint density at radius 2 is 1.77 bits per heavy atom. The van der Waals surface area contributed by atoms with Crippen LogP contribution in [0.15, 0.2) is 23.2 Å². The molecule has 3 rings (SSSR count). The molecule has 146 valence electrons. The summed E-state index contributed by atoms with van der Waals surface area (Å²) in [6.07, 6.45) is 6.37. The fraction of sp³-hybridized carbons (Fsp3) is 0.762. The number of hydrogen-bond donors (Lipinski definition) is 1. The Balaban J connectivity index is 1.86. The van der Waals surface area contributed by atoms with Crippen molar-refractivity contribution in [3.8, 4) is 0 Å². The van der Waals surface area contributed by atoms with E-state index in [4.69, 9.17) is 4.98 Å². The molecular weight excluding hydrogens is 342 g/mol. The van der Waals surface area contributed by atoms with Gasteiger partial charge in [-0.2, -0.15) is 0 Å². The van der Waals surface area contributed by atoms with Crippen LogP contribution >= 0.6 is 11.8 Å². The van der Waals surface area contributed by atoms with Crippen molar-refractivity contribution in [3.63, 3.8) is 0 Å². The molecule has 0 spiro atoms. The molecule has 0 saturated heterocycles. The molecule has 2 heterocycles. The highest BCUT2D eigenvalue weighted by Crippen LogP contribution is 2.48. The minimum absolute atomic E-state index is 0.309. The lowest BCUT2D eigenvalue weighted by atomic mass is 9.77. The number of aliphatic hydroxyl groups is 1. The van der Waals surface area contributed by atoms with Crippen LogP contribution in [0.4, 0.5) is 5.82 Å². The van der Waals surface area contributed by atoms with E-state index in [0.29, 0.717) is 29.5 Å². The van der Waals surface area contributed by atoms with Gasteiger partial charge in [-0.1, -0.05) is 11.8 Å². The van der Waals surface area contributed by atoms with E-state index in [1.165, 1.54) is 4.90 Å². The first-order chi connectivity index (χ1) is 12.2. The zero-order valence-electron chi connectivity index (χ0n) is 17.1. The van der Waals surface area contributed by atoms with Gasteiger partial charge < -0.3 is 10.0 Å². The third-order valence-electron chi connectivity index (χ3n) is 6.00. The number of hydrogen-bond acceptors (Lipinski definition) is 5. The maximum atomic E-state index is 10.4. The van der Waals surface area contributed by atoms with Crippen molar-refractivity contribution in [1.29, 1.82) is 0 Å². The van der Waals surface area contributed by atoms with Gasteiger partial charge in [0.15, 0.2) is 0 Å². The zero-order chi connectivity index (χ0) is 19.1. The number of fused-ring (bicyclic) bond motifs is 1. The highest BCUT2D eigenvalue weighted by molar-refractivity contribution is 8.00. The van der Waals surface area contributed by atoms with Crippen molar-refractivity contribution < 1.29 is 5.11 Å². The minimum Gasteiger partial charge on any atom is -0.390 e. The number of anilines is 1. The predicted octanol–water partition coefficient (Wildman–Crippen LogP) is 4.73. The standard InChI is InChI=1S/C21H35N3OS/c1-14(2)23(15(3)4)20-24(19-18(26-20)8-7-13-22-19)17-11-9-16(10-12-17)21(5,6)25/h7-8,13-17,20,25H,9-12H2,1-6H3. The van der Waals surface area contributed by atoms with Gasteiger partial charge in [0, 0.05) is 24.3 Å². The first-order valence-corrected chi connectivity index (χ1v) is 11.0. The van der Waals surface area contributed by atoms with Crippen LogP contribution in [0, 0.1) is 5.92 Å². The molecule has 0 amide bonds. The molecule has 0 radical (unpaired) electrons. The van der Waals surface area contributed by atoms with E-state index in [9.17, 15) is 5.11 Å². The van der Waals surface area contributed by atoms with E-state index in [1.807, 2.05) is 37.9 Å². The van der Waals surface area contributed by atoms with Crippen LogP contribution in [-0.2, 0) is 0 Å². The molecule has 1 aromatic heterocycles. The Labute approximate surface area is 163 Å². The number of pyridine rings is 1. The summed E-state index contributed by atoms with van der Waals surface area (Å²) < 4.78 is 0. The van der Waals surface area contributed by atoms with Crippen molar-refractivity contribution in [2.75, 3.05) is 4.90 Å². The molecule has 1 aromatic rings. The lowest BCUT2D eigenvalue weighted by Crippen LogP contribution is -2.55. The van der Waals surface area contributed by atoms with Gasteiger partial charge in [-0.25, -0.2) is 4.98 Å². The number of rotatable bonds is 5. The summed E-state index contributed by atoms with van der Waals surface area (Å²) in [5.74, 6) is 1.56. The van der Waals surface area contributed by atoms with E-state index < -0.39 is 5.60 Å². The molecule has 1 aliphatic carbocycles. The smallest absolute Gasteiger partial charge is 0.144 e. The topological polar surface area (TPSA) is 39.6 Å². The Morgan fingerprint density at radius 1 is 1.15 bits per heavy atom. The van der Waals surface area contributed by atoms with Gasteiger partial charge >= 0.3 is 0 Å². The highest BCUT2D eigenvalue weighted by Gasteiger charge is 2.43. The second kappa shape index (κ2) is 7.69. The first kappa shape index (κ1) is 20.0. The number of aromatic nitrogens is 1. The van der Waals surface area contributed by atoms with E-state index in [2.05, 4.69) is 43.6 Å².